The standard InChI is InChI=1S/C9H18N2O2/c10-4-1-5-11-9(12)8-2-6-13-7-3-8/h8H,1-7,10H2,(H,11,12). The molecule has 4 nitrogen and oxygen atoms in total. The molecule has 1 fully saturated rings. The van der Waals surface area contributed by atoms with E-state index in [1.807, 2.05) is 0 Å². The van der Waals surface area contributed by atoms with Crippen molar-refractivity contribution in [2.75, 3.05) is 26.3 Å². The summed E-state index contributed by atoms with van der Waals surface area (Å²) < 4.78 is 5.18. The van der Waals surface area contributed by atoms with E-state index in [-0.39, 0.29) is 11.8 Å². The second kappa shape index (κ2) is 5.94. The van der Waals surface area contributed by atoms with Crippen molar-refractivity contribution < 1.29 is 9.53 Å². The molecule has 1 aliphatic rings. The Morgan fingerprint density at radius 2 is 2.15 bits per heavy atom. The first-order valence-electron chi connectivity index (χ1n) is 4.90. The van der Waals surface area contributed by atoms with Crippen LogP contribution in [-0.2, 0) is 9.53 Å². The van der Waals surface area contributed by atoms with Gasteiger partial charge in [-0.1, -0.05) is 0 Å². The summed E-state index contributed by atoms with van der Waals surface area (Å²) in [5, 5.41) is 2.88. The van der Waals surface area contributed by atoms with E-state index in [0.717, 1.165) is 32.5 Å². The Morgan fingerprint density at radius 3 is 2.77 bits per heavy atom. The minimum absolute atomic E-state index is 0.159. The van der Waals surface area contributed by atoms with Gasteiger partial charge in [0, 0.05) is 25.7 Å². The molecule has 4 heteroatoms. The van der Waals surface area contributed by atoms with Crippen LogP contribution in [0.4, 0.5) is 0 Å². The molecule has 0 radical (unpaired) electrons. The fourth-order valence-corrected chi connectivity index (χ4v) is 1.42. The molecule has 0 bridgehead atoms. The van der Waals surface area contributed by atoms with Crippen LogP contribution in [0.2, 0.25) is 0 Å². The Labute approximate surface area is 78.8 Å². The highest BCUT2D eigenvalue weighted by atomic mass is 16.5. The average Bonchev–Trinajstić information content (AvgIpc) is 2.19. The first-order valence-corrected chi connectivity index (χ1v) is 4.90. The van der Waals surface area contributed by atoms with E-state index in [9.17, 15) is 4.79 Å². The molecule has 0 spiro atoms. The van der Waals surface area contributed by atoms with Gasteiger partial charge in [-0.3, -0.25) is 4.79 Å². The molecule has 1 amide bonds. The van der Waals surface area contributed by atoms with Crippen molar-refractivity contribution in [3.05, 3.63) is 0 Å². The molecule has 1 heterocycles. The van der Waals surface area contributed by atoms with Crippen LogP contribution in [0.15, 0.2) is 0 Å². The van der Waals surface area contributed by atoms with E-state index in [2.05, 4.69) is 5.32 Å². The summed E-state index contributed by atoms with van der Waals surface area (Å²) in [5.41, 5.74) is 5.32. The van der Waals surface area contributed by atoms with Crippen molar-refractivity contribution in [2.45, 2.75) is 19.3 Å². The number of hydrogen-bond donors (Lipinski definition) is 2. The van der Waals surface area contributed by atoms with Gasteiger partial charge in [0.05, 0.1) is 0 Å². The quantitative estimate of drug-likeness (QED) is 0.601. The Balaban J connectivity index is 2.13. The number of carbonyl (C=O) groups excluding carboxylic acids is 1. The normalized spacial score (nSPS) is 18.5. The summed E-state index contributed by atoms with van der Waals surface area (Å²) >= 11 is 0. The summed E-state index contributed by atoms with van der Waals surface area (Å²) in [6, 6.07) is 0. The van der Waals surface area contributed by atoms with Gasteiger partial charge in [0.25, 0.3) is 0 Å². The fraction of sp³-hybridized carbons (Fsp3) is 0.889. The smallest absolute Gasteiger partial charge is 0.223 e. The molecule has 0 aromatic rings. The minimum atomic E-state index is 0.159. The lowest BCUT2D eigenvalue weighted by molar-refractivity contribution is -0.127. The van der Waals surface area contributed by atoms with Crippen molar-refractivity contribution in [1.82, 2.24) is 5.32 Å². The summed E-state index contributed by atoms with van der Waals surface area (Å²) in [4.78, 5) is 11.5. The van der Waals surface area contributed by atoms with Crippen LogP contribution in [0, 0.1) is 5.92 Å². The molecule has 0 aromatic heterocycles. The van der Waals surface area contributed by atoms with Crippen molar-refractivity contribution in [3.8, 4) is 0 Å². The molecule has 13 heavy (non-hydrogen) atoms. The third-order valence-electron chi connectivity index (χ3n) is 2.27. The van der Waals surface area contributed by atoms with Gasteiger partial charge in [-0.15, -0.1) is 0 Å². The Morgan fingerprint density at radius 1 is 1.46 bits per heavy atom. The van der Waals surface area contributed by atoms with Crippen LogP contribution >= 0.6 is 0 Å². The zero-order valence-electron chi connectivity index (χ0n) is 7.92. The number of nitrogens with one attached hydrogen (secondary N) is 1. The topological polar surface area (TPSA) is 64.3 Å². The van der Waals surface area contributed by atoms with Crippen LogP contribution in [-0.4, -0.2) is 32.2 Å². The zero-order chi connectivity index (χ0) is 9.52. The highest BCUT2D eigenvalue weighted by molar-refractivity contribution is 5.78. The van der Waals surface area contributed by atoms with Gasteiger partial charge in [0.1, 0.15) is 0 Å². The molecular formula is C9H18N2O2. The molecule has 76 valence electrons. The van der Waals surface area contributed by atoms with Crippen LogP contribution in [0.5, 0.6) is 0 Å². The van der Waals surface area contributed by atoms with Crippen LogP contribution in [0.3, 0.4) is 0 Å². The van der Waals surface area contributed by atoms with Crippen LogP contribution < -0.4 is 11.1 Å². The van der Waals surface area contributed by atoms with Gasteiger partial charge >= 0.3 is 0 Å². The Hall–Kier alpha value is -0.610. The van der Waals surface area contributed by atoms with Crippen molar-refractivity contribution in [3.63, 3.8) is 0 Å². The Bertz CT molecular complexity index is 156. The summed E-state index contributed by atoms with van der Waals surface area (Å²) in [5.74, 6) is 0.322. The van der Waals surface area contributed by atoms with E-state index >= 15 is 0 Å². The molecule has 0 unspecified atom stereocenters. The van der Waals surface area contributed by atoms with Crippen molar-refractivity contribution in [1.29, 1.82) is 0 Å². The van der Waals surface area contributed by atoms with E-state index in [1.54, 1.807) is 0 Å². The monoisotopic (exact) mass is 186 g/mol. The Kier molecular flexibility index (Phi) is 4.78. The largest absolute Gasteiger partial charge is 0.381 e. The maximum Gasteiger partial charge on any atom is 0.223 e. The molecular weight excluding hydrogens is 168 g/mol. The molecule has 1 rings (SSSR count). The number of amides is 1. The van der Waals surface area contributed by atoms with Gasteiger partial charge in [-0.2, -0.15) is 0 Å². The zero-order valence-corrected chi connectivity index (χ0v) is 7.92. The lowest BCUT2D eigenvalue weighted by atomic mass is 9.99. The van der Waals surface area contributed by atoms with Gasteiger partial charge in [-0.05, 0) is 25.8 Å². The van der Waals surface area contributed by atoms with Crippen molar-refractivity contribution >= 4 is 5.91 Å². The minimum Gasteiger partial charge on any atom is -0.381 e. The third-order valence-corrected chi connectivity index (χ3v) is 2.27. The van der Waals surface area contributed by atoms with Crippen LogP contribution in [0.1, 0.15) is 19.3 Å². The summed E-state index contributed by atoms with van der Waals surface area (Å²) in [7, 11) is 0. The number of ether oxygens (including phenoxy) is 1. The predicted molar refractivity (Wildman–Crippen MR) is 50.2 cm³/mol. The lowest BCUT2D eigenvalue weighted by Gasteiger charge is -2.21. The highest BCUT2D eigenvalue weighted by Gasteiger charge is 2.20. The average molecular weight is 186 g/mol. The van der Waals surface area contributed by atoms with E-state index in [0.29, 0.717) is 13.1 Å². The number of hydrogen-bond acceptors (Lipinski definition) is 3. The van der Waals surface area contributed by atoms with Gasteiger partial charge in [-0.25, -0.2) is 0 Å². The maximum absolute atomic E-state index is 11.5. The molecule has 3 N–H and O–H groups in total. The van der Waals surface area contributed by atoms with Crippen molar-refractivity contribution in [2.24, 2.45) is 11.7 Å². The first-order chi connectivity index (χ1) is 6.34. The third kappa shape index (κ3) is 3.74. The van der Waals surface area contributed by atoms with Gasteiger partial charge in [0.2, 0.25) is 5.91 Å². The fourth-order valence-electron chi connectivity index (χ4n) is 1.42. The predicted octanol–water partition coefficient (Wildman–Crippen LogP) is -0.122. The molecule has 1 aliphatic heterocycles. The molecule has 0 atom stereocenters. The lowest BCUT2D eigenvalue weighted by Crippen LogP contribution is -2.35. The van der Waals surface area contributed by atoms with E-state index in [1.165, 1.54) is 0 Å². The van der Waals surface area contributed by atoms with E-state index in [4.69, 9.17) is 10.5 Å². The number of nitrogens with two attached hydrogens (primary N) is 1. The summed E-state index contributed by atoms with van der Waals surface area (Å²) in [6.45, 7) is 2.77. The maximum atomic E-state index is 11.5. The number of rotatable bonds is 4. The molecule has 0 saturated carbocycles. The SMILES string of the molecule is NCCCNC(=O)C1CCOCC1. The highest BCUT2D eigenvalue weighted by Crippen LogP contribution is 2.14. The molecule has 1 saturated heterocycles. The second-order valence-electron chi connectivity index (χ2n) is 3.32. The number of carbonyl (C=O) groups is 1. The van der Waals surface area contributed by atoms with Gasteiger partial charge in [0.15, 0.2) is 0 Å². The second-order valence-corrected chi connectivity index (χ2v) is 3.32. The first kappa shape index (κ1) is 10.5. The van der Waals surface area contributed by atoms with Gasteiger partial charge < -0.3 is 15.8 Å². The summed E-state index contributed by atoms with van der Waals surface area (Å²) in [6.07, 6.45) is 2.57. The molecule has 0 aromatic carbocycles. The van der Waals surface area contributed by atoms with Crippen LogP contribution in [0.25, 0.3) is 0 Å². The van der Waals surface area contributed by atoms with E-state index < -0.39 is 0 Å². The molecule has 0 aliphatic carbocycles.